The van der Waals surface area contributed by atoms with Gasteiger partial charge in [-0.3, -0.25) is 4.79 Å². The first kappa shape index (κ1) is 12.4. The molecule has 1 aromatic heterocycles. The van der Waals surface area contributed by atoms with Gasteiger partial charge in [-0.2, -0.15) is 0 Å². The van der Waals surface area contributed by atoms with Crippen LogP contribution in [-0.2, 0) is 11.8 Å². The van der Waals surface area contributed by atoms with Gasteiger partial charge in [0.25, 0.3) is 0 Å². The van der Waals surface area contributed by atoms with Crippen LogP contribution in [0.25, 0.3) is 11.0 Å². The highest BCUT2D eigenvalue weighted by Crippen LogP contribution is 2.20. The highest BCUT2D eigenvalue weighted by Gasteiger charge is 2.17. The third-order valence-corrected chi connectivity index (χ3v) is 3.07. The Morgan fingerprint density at radius 1 is 1.50 bits per heavy atom. The summed E-state index contributed by atoms with van der Waals surface area (Å²) in [7, 11) is 3.80. The minimum Gasteiger partial charge on any atom is -0.481 e. The fourth-order valence-electron chi connectivity index (χ4n) is 2.04. The number of para-hydroxylation sites is 2. The first-order valence-electron chi connectivity index (χ1n) is 5.86. The van der Waals surface area contributed by atoms with Gasteiger partial charge < -0.3 is 14.6 Å². The lowest BCUT2D eigenvalue weighted by Gasteiger charge is -2.20. The third-order valence-electron chi connectivity index (χ3n) is 3.07. The van der Waals surface area contributed by atoms with Gasteiger partial charge in [0.1, 0.15) is 0 Å². The van der Waals surface area contributed by atoms with Gasteiger partial charge in [0.2, 0.25) is 5.95 Å². The number of hydrogen-bond donors (Lipinski definition) is 1. The molecule has 1 aromatic carbocycles. The zero-order chi connectivity index (χ0) is 13.3. The Hall–Kier alpha value is -2.04. The molecule has 0 radical (unpaired) electrons. The van der Waals surface area contributed by atoms with Crippen LogP contribution >= 0.6 is 0 Å². The van der Waals surface area contributed by atoms with Crippen LogP contribution in [0.2, 0.25) is 0 Å². The van der Waals surface area contributed by atoms with E-state index in [4.69, 9.17) is 5.11 Å². The second kappa shape index (κ2) is 4.68. The number of aliphatic carboxylic acids is 1. The number of aromatic nitrogens is 2. The number of fused-ring (bicyclic) bond motifs is 1. The van der Waals surface area contributed by atoms with Crippen molar-refractivity contribution in [2.75, 3.05) is 18.5 Å². The van der Waals surface area contributed by atoms with Crippen LogP contribution in [0.5, 0.6) is 0 Å². The molecule has 0 saturated heterocycles. The summed E-state index contributed by atoms with van der Waals surface area (Å²) in [5, 5.41) is 8.93. The molecule has 96 valence electrons. The minimum absolute atomic E-state index is 0.421. The summed E-state index contributed by atoms with van der Waals surface area (Å²) in [4.78, 5) is 17.3. The van der Waals surface area contributed by atoms with E-state index in [0.717, 1.165) is 17.0 Å². The van der Waals surface area contributed by atoms with E-state index < -0.39 is 11.9 Å². The molecule has 1 N–H and O–H groups in total. The molecule has 1 atom stereocenters. The van der Waals surface area contributed by atoms with Crippen molar-refractivity contribution in [1.82, 2.24) is 9.55 Å². The Bertz CT molecular complexity index is 577. The molecule has 5 nitrogen and oxygen atoms in total. The molecule has 5 heteroatoms. The van der Waals surface area contributed by atoms with Crippen molar-refractivity contribution < 1.29 is 9.90 Å². The van der Waals surface area contributed by atoms with E-state index >= 15 is 0 Å². The standard InChI is InChI=1S/C13H17N3O2/c1-9(12(17)18)8-15(2)13-14-10-6-4-5-7-11(10)16(13)3/h4-7,9H,8H2,1-3H3,(H,17,18). The van der Waals surface area contributed by atoms with Crippen LogP contribution in [0.15, 0.2) is 24.3 Å². The third kappa shape index (κ3) is 2.16. The molecule has 1 heterocycles. The molecule has 0 fully saturated rings. The second-order valence-electron chi connectivity index (χ2n) is 4.58. The molecule has 2 aromatic rings. The smallest absolute Gasteiger partial charge is 0.308 e. The largest absolute Gasteiger partial charge is 0.481 e. The lowest BCUT2D eigenvalue weighted by Crippen LogP contribution is -2.30. The molecule has 0 saturated carbocycles. The highest BCUT2D eigenvalue weighted by molar-refractivity contribution is 5.78. The number of carboxylic acids is 1. The molecule has 0 spiro atoms. The van der Waals surface area contributed by atoms with Crippen molar-refractivity contribution in [2.45, 2.75) is 6.92 Å². The number of aryl methyl sites for hydroxylation is 1. The monoisotopic (exact) mass is 247 g/mol. The lowest BCUT2D eigenvalue weighted by molar-refractivity contribution is -0.140. The minimum atomic E-state index is -0.791. The van der Waals surface area contributed by atoms with E-state index in [-0.39, 0.29) is 0 Å². The highest BCUT2D eigenvalue weighted by atomic mass is 16.4. The van der Waals surface area contributed by atoms with Gasteiger partial charge >= 0.3 is 5.97 Å². The van der Waals surface area contributed by atoms with E-state index in [2.05, 4.69) is 4.98 Å². The fraction of sp³-hybridized carbons (Fsp3) is 0.385. The van der Waals surface area contributed by atoms with Crippen LogP contribution in [0, 0.1) is 5.92 Å². The SMILES string of the molecule is CC(CN(C)c1nc2ccccc2n1C)C(=O)O. The van der Waals surface area contributed by atoms with Crippen molar-refractivity contribution in [3.8, 4) is 0 Å². The van der Waals surface area contributed by atoms with E-state index in [1.165, 1.54) is 0 Å². The molecule has 1 unspecified atom stereocenters. The Labute approximate surface area is 106 Å². The molecule has 0 aliphatic heterocycles. The molecule has 0 aliphatic carbocycles. The van der Waals surface area contributed by atoms with Crippen molar-refractivity contribution in [2.24, 2.45) is 13.0 Å². The molecule has 0 amide bonds. The normalized spacial score (nSPS) is 12.6. The predicted octanol–water partition coefficient (Wildman–Crippen LogP) is 1.73. The topological polar surface area (TPSA) is 58.4 Å². The number of imidazole rings is 1. The summed E-state index contributed by atoms with van der Waals surface area (Å²) in [6.45, 7) is 2.13. The van der Waals surface area contributed by atoms with Gasteiger partial charge in [-0.25, -0.2) is 4.98 Å². The average molecular weight is 247 g/mol. The van der Waals surface area contributed by atoms with Crippen LogP contribution in [-0.4, -0.2) is 34.2 Å². The predicted molar refractivity (Wildman–Crippen MR) is 70.8 cm³/mol. The summed E-state index contributed by atoms with van der Waals surface area (Å²) < 4.78 is 1.98. The number of hydrogen-bond acceptors (Lipinski definition) is 3. The first-order chi connectivity index (χ1) is 8.50. The Kier molecular flexibility index (Phi) is 3.23. The van der Waals surface area contributed by atoms with E-state index in [1.54, 1.807) is 6.92 Å². The number of anilines is 1. The van der Waals surface area contributed by atoms with Crippen LogP contribution in [0.3, 0.4) is 0 Å². The van der Waals surface area contributed by atoms with Gasteiger partial charge in [0.05, 0.1) is 17.0 Å². The summed E-state index contributed by atoms with van der Waals surface area (Å²) in [5.41, 5.74) is 1.96. The van der Waals surface area contributed by atoms with Gasteiger partial charge in [-0.1, -0.05) is 19.1 Å². The summed E-state index contributed by atoms with van der Waals surface area (Å²) in [6, 6.07) is 7.86. The first-order valence-corrected chi connectivity index (χ1v) is 5.86. The second-order valence-corrected chi connectivity index (χ2v) is 4.58. The van der Waals surface area contributed by atoms with Gasteiger partial charge in [0.15, 0.2) is 0 Å². The quantitative estimate of drug-likeness (QED) is 0.894. The number of benzene rings is 1. The molecule has 18 heavy (non-hydrogen) atoms. The lowest BCUT2D eigenvalue weighted by atomic mass is 10.2. The van der Waals surface area contributed by atoms with Gasteiger partial charge in [-0.15, -0.1) is 0 Å². The summed E-state index contributed by atoms with van der Waals surface area (Å²) >= 11 is 0. The maximum absolute atomic E-state index is 10.9. The van der Waals surface area contributed by atoms with Gasteiger partial charge in [-0.05, 0) is 12.1 Å². The van der Waals surface area contributed by atoms with E-state index in [0.29, 0.717) is 6.54 Å². The fourth-order valence-corrected chi connectivity index (χ4v) is 2.04. The molecule has 0 aliphatic rings. The Balaban J connectivity index is 2.30. The van der Waals surface area contributed by atoms with Crippen LogP contribution in [0.4, 0.5) is 5.95 Å². The number of nitrogens with zero attached hydrogens (tertiary/aromatic N) is 3. The number of carbonyl (C=O) groups is 1. The molecule has 0 bridgehead atoms. The average Bonchev–Trinajstić information content (AvgIpc) is 2.67. The van der Waals surface area contributed by atoms with Gasteiger partial charge in [0, 0.05) is 20.6 Å². The molecule has 2 rings (SSSR count). The zero-order valence-electron chi connectivity index (χ0n) is 10.8. The Morgan fingerprint density at radius 2 is 2.17 bits per heavy atom. The van der Waals surface area contributed by atoms with Crippen molar-refractivity contribution in [3.63, 3.8) is 0 Å². The zero-order valence-corrected chi connectivity index (χ0v) is 10.8. The Morgan fingerprint density at radius 3 is 2.78 bits per heavy atom. The summed E-state index contributed by atoms with van der Waals surface area (Å²) in [6.07, 6.45) is 0. The van der Waals surface area contributed by atoms with Crippen LogP contribution < -0.4 is 4.90 Å². The molecular formula is C13H17N3O2. The maximum atomic E-state index is 10.9. The van der Waals surface area contributed by atoms with Crippen molar-refractivity contribution in [1.29, 1.82) is 0 Å². The maximum Gasteiger partial charge on any atom is 0.308 e. The number of carboxylic acid groups (broad SMARTS) is 1. The van der Waals surface area contributed by atoms with E-state index in [1.807, 2.05) is 47.8 Å². The van der Waals surface area contributed by atoms with Crippen molar-refractivity contribution >= 4 is 23.0 Å². The van der Waals surface area contributed by atoms with E-state index in [9.17, 15) is 4.79 Å². The summed E-state index contributed by atoms with van der Waals surface area (Å²) in [5.74, 6) is -0.431. The van der Waals surface area contributed by atoms with Crippen LogP contribution in [0.1, 0.15) is 6.92 Å². The van der Waals surface area contributed by atoms with Crippen molar-refractivity contribution in [3.05, 3.63) is 24.3 Å². The molecular weight excluding hydrogens is 230 g/mol. The number of rotatable bonds is 4.